The van der Waals surface area contributed by atoms with Gasteiger partial charge in [-0.25, -0.2) is 9.97 Å². The molecule has 0 radical (unpaired) electrons. The maximum atomic E-state index is 12.8. The van der Waals surface area contributed by atoms with Gasteiger partial charge in [-0.2, -0.15) is 0 Å². The van der Waals surface area contributed by atoms with E-state index in [1.807, 2.05) is 67.3 Å². The van der Waals surface area contributed by atoms with Crippen molar-refractivity contribution in [2.75, 3.05) is 23.4 Å². The van der Waals surface area contributed by atoms with Crippen LogP contribution in [0.5, 0.6) is 5.75 Å². The van der Waals surface area contributed by atoms with E-state index in [0.29, 0.717) is 41.9 Å². The van der Waals surface area contributed by atoms with Crippen molar-refractivity contribution in [2.24, 2.45) is 0 Å². The Morgan fingerprint density at radius 2 is 1.75 bits per heavy atom. The number of para-hydroxylation sites is 3. The zero-order chi connectivity index (χ0) is 19.9. The minimum atomic E-state index is -0.303. The number of ether oxygens (including phenoxy) is 1. The first kappa shape index (κ1) is 19.4. The Morgan fingerprint density at radius 1 is 1.04 bits per heavy atom. The molecular formula is C22H24N4O2. The number of benzene rings is 2. The second-order valence-electron chi connectivity index (χ2n) is 6.12. The normalized spacial score (nSPS) is 10.4. The summed E-state index contributed by atoms with van der Waals surface area (Å²) in [6.45, 7) is 6.97. The number of carbonyl (C=O) groups is 1. The number of anilines is 3. The van der Waals surface area contributed by atoms with Gasteiger partial charge >= 0.3 is 0 Å². The summed E-state index contributed by atoms with van der Waals surface area (Å²) in [6.07, 6.45) is 0. The summed E-state index contributed by atoms with van der Waals surface area (Å²) in [6, 6.07) is 19.0. The van der Waals surface area contributed by atoms with Crippen LogP contribution in [0.2, 0.25) is 0 Å². The number of amides is 1. The predicted molar refractivity (Wildman–Crippen MR) is 111 cm³/mol. The summed E-state index contributed by atoms with van der Waals surface area (Å²) >= 11 is 0. The average Bonchev–Trinajstić information content (AvgIpc) is 2.70. The van der Waals surface area contributed by atoms with Crippen LogP contribution in [0.1, 0.15) is 30.2 Å². The molecule has 1 N–H and O–H groups in total. The van der Waals surface area contributed by atoms with Crippen LogP contribution < -0.4 is 15.0 Å². The topological polar surface area (TPSA) is 67.3 Å². The third-order valence-electron chi connectivity index (χ3n) is 4.15. The van der Waals surface area contributed by atoms with Crippen molar-refractivity contribution < 1.29 is 9.53 Å². The van der Waals surface area contributed by atoms with Gasteiger partial charge in [-0.1, -0.05) is 30.3 Å². The number of carbonyl (C=O) groups excluding carboxylic acids is 1. The summed E-state index contributed by atoms with van der Waals surface area (Å²) < 4.78 is 5.58. The first-order chi connectivity index (χ1) is 13.6. The van der Waals surface area contributed by atoms with Crippen molar-refractivity contribution >= 4 is 23.1 Å². The molecule has 6 nitrogen and oxygen atoms in total. The molecule has 0 atom stereocenters. The molecule has 0 fully saturated rings. The van der Waals surface area contributed by atoms with Crippen LogP contribution in [0, 0.1) is 6.92 Å². The highest BCUT2D eigenvalue weighted by Gasteiger charge is 2.16. The fourth-order valence-corrected chi connectivity index (χ4v) is 2.93. The van der Waals surface area contributed by atoms with Crippen LogP contribution in [0.4, 0.5) is 17.2 Å². The number of rotatable bonds is 7. The van der Waals surface area contributed by atoms with Gasteiger partial charge < -0.3 is 15.0 Å². The van der Waals surface area contributed by atoms with Crippen molar-refractivity contribution in [1.29, 1.82) is 0 Å². The number of aryl methyl sites for hydroxylation is 1. The Hall–Kier alpha value is -3.41. The van der Waals surface area contributed by atoms with Gasteiger partial charge in [0.1, 0.15) is 23.1 Å². The van der Waals surface area contributed by atoms with E-state index in [2.05, 4.69) is 15.3 Å². The second kappa shape index (κ2) is 8.99. The number of aromatic nitrogens is 2. The molecule has 0 aliphatic carbocycles. The Labute approximate surface area is 165 Å². The molecule has 0 bridgehead atoms. The van der Waals surface area contributed by atoms with E-state index < -0.39 is 0 Å². The molecule has 1 amide bonds. The molecule has 0 unspecified atom stereocenters. The van der Waals surface area contributed by atoms with Gasteiger partial charge in [0.25, 0.3) is 5.91 Å². The standard InChI is InChI=1S/C22H24N4O2/c1-4-26(17-11-7-6-8-12-17)21-15-19(23-16(3)24-21)22(27)25-18-13-9-10-14-20(18)28-5-2/h6-15H,4-5H2,1-3H3,(H,25,27). The molecule has 6 heteroatoms. The SMILES string of the molecule is CCOc1ccccc1NC(=O)c1cc(N(CC)c2ccccc2)nc(C)n1. The zero-order valence-corrected chi connectivity index (χ0v) is 16.3. The molecule has 0 saturated carbocycles. The molecule has 0 aliphatic rings. The Morgan fingerprint density at radius 3 is 2.46 bits per heavy atom. The fraction of sp³-hybridized carbons (Fsp3) is 0.227. The minimum absolute atomic E-state index is 0.303. The van der Waals surface area contributed by atoms with E-state index in [-0.39, 0.29) is 5.91 Å². The first-order valence-electron chi connectivity index (χ1n) is 9.33. The van der Waals surface area contributed by atoms with Gasteiger partial charge in [0.2, 0.25) is 0 Å². The number of nitrogens with zero attached hydrogens (tertiary/aromatic N) is 3. The lowest BCUT2D eigenvalue weighted by Gasteiger charge is -2.22. The average molecular weight is 376 g/mol. The lowest BCUT2D eigenvalue weighted by atomic mass is 10.2. The first-order valence-corrected chi connectivity index (χ1v) is 9.33. The Bertz CT molecular complexity index is 944. The van der Waals surface area contributed by atoms with E-state index in [9.17, 15) is 4.79 Å². The number of hydrogen-bond acceptors (Lipinski definition) is 5. The molecule has 0 spiro atoms. The molecule has 1 aromatic heterocycles. The Balaban J connectivity index is 1.90. The van der Waals surface area contributed by atoms with Gasteiger partial charge in [-0.15, -0.1) is 0 Å². The van der Waals surface area contributed by atoms with Crippen LogP contribution in [0.3, 0.4) is 0 Å². The van der Waals surface area contributed by atoms with E-state index in [0.717, 1.165) is 5.69 Å². The van der Waals surface area contributed by atoms with E-state index >= 15 is 0 Å². The summed E-state index contributed by atoms with van der Waals surface area (Å²) in [5.41, 5.74) is 1.93. The van der Waals surface area contributed by atoms with Crippen molar-refractivity contribution in [3.05, 3.63) is 72.2 Å². The molecule has 0 saturated heterocycles. The van der Waals surface area contributed by atoms with E-state index in [4.69, 9.17) is 4.74 Å². The molecule has 1 heterocycles. The number of nitrogens with one attached hydrogen (secondary N) is 1. The monoisotopic (exact) mass is 376 g/mol. The van der Waals surface area contributed by atoms with E-state index in [1.165, 1.54) is 0 Å². The van der Waals surface area contributed by atoms with Crippen LogP contribution in [-0.4, -0.2) is 29.0 Å². The molecule has 3 rings (SSSR count). The maximum absolute atomic E-state index is 12.8. The van der Waals surface area contributed by atoms with Gasteiger partial charge in [-0.3, -0.25) is 4.79 Å². The van der Waals surface area contributed by atoms with E-state index in [1.54, 1.807) is 19.1 Å². The summed E-state index contributed by atoms with van der Waals surface area (Å²) in [4.78, 5) is 23.7. The molecule has 28 heavy (non-hydrogen) atoms. The number of hydrogen-bond donors (Lipinski definition) is 1. The molecule has 0 aliphatic heterocycles. The van der Waals surface area contributed by atoms with Crippen LogP contribution >= 0.6 is 0 Å². The van der Waals surface area contributed by atoms with Crippen molar-refractivity contribution in [2.45, 2.75) is 20.8 Å². The molecule has 3 aromatic rings. The smallest absolute Gasteiger partial charge is 0.274 e. The predicted octanol–water partition coefficient (Wildman–Crippen LogP) is 4.59. The van der Waals surface area contributed by atoms with Gasteiger partial charge in [0.15, 0.2) is 0 Å². The molecule has 2 aromatic carbocycles. The van der Waals surface area contributed by atoms with Gasteiger partial charge in [0.05, 0.1) is 12.3 Å². The quantitative estimate of drug-likeness (QED) is 0.653. The Kier molecular flexibility index (Phi) is 6.22. The lowest BCUT2D eigenvalue weighted by Crippen LogP contribution is -2.21. The van der Waals surface area contributed by atoms with Gasteiger partial charge in [0, 0.05) is 18.3 Å². The third kappa shape index (κ3) is 4.46. The fourth-order valence-electron chi connectivity index (χ4n) is 2.93. The molecular weight excluding hydrogens is 352 g/mol. The van der Waals surface area contributed by atoms with Crippen molar-refractivity contribution in [3.63, 3.8) is 0 Å². The maximum Gasteiger partial charge on any atom is 0.274 e. The van der Waals surface area contributed by atoms with Crippen LogP contribution in [0.15, 0.2) is 60.7 Å². The van der Waals surface area contributed by atoms with Crippen molar-refractivity contribution in [3.8, 4) is 5.75 Å². The summed E-state index contributed by atoms with van der Waals surface area (Å²) in [5.74, 6) is 1.55. The molecule has 144 valence electrons. The highest BCUT2D eigenvalue weighted by Crippen LogP contribution is 2.26. The van der Waals surface area contributed by atoms with Crippen molar-refractivity contribution in [1.82, 2.24) is 9.97 Å². The highest BCUT2D eigenvalue weighted by molar-refractivity contribution is 6.04. The second-order valence-corrected chi connectivity index (χ2v) is 6.12. The van der Waals surface area contributed by atoms with Crippen LogP contribution in [0.25, 0.3) is 0 Å². The van der Waals surface area contributed by atoms with Crippen LogP contribution in [-0.2, 0) is 0 Å². The minimum Gasteiger partial charge on any atom is -0.492 e. The zero-order valence-electron chi connectivity index (χ0n) is 16.3. The van der Waals surface area contributed by atoms with Gasteiger partial charge in [-0.05, 0) is 45.0 Å². The third-order valence-corrected chi connectivity index (χ3v) is 4.15. The largest absolute Gasteiger partial charge is 0.492 e. The summed E-state index contributed by atoms with van der Waals surface area (Å²) in [7, 11) is 0. The lowest BCUT2D eigenvalue weighted by molar-refractivity contribution is 0.102. The highest BCUT2D eigenvalue weighted by atomic mass is 16.5. The summed E-state index contributed by atoms with van der Waals surface area (Å²) in [5, 5.41) is 2.89.